The molecule has 1 atom stereocenters. The monoisotopic (exact) mass is 1060 g/mol. The van der Waals surface area contributed by atoms with Crippen LogP contribution in [-0.2, 0) is 28.6 Å². The first-order valence-electron chi connectivity index (χ1n) is 32.6. The Hall–Kier alpha value is -3.41. The van der Waals surface area contributed by atoms with Crippen LogP contribution in [0.5, 0.6) is 0 Å². The molecule has 0 fully saturated rings. The summed E-state index contributed by atoms with van der Waals surface area (Å²) in [6, 6.07) is 0. The van der Waals surface area contributed by atoms with Crippen molar-refractivity contribution in [3.63, 3.8) is 0 Å². The molecule has 0 aliphatic carbocycles. The van der Waals surface area contributed by atoms with E-state index in [-0.39, 0.29) is 31.1 Å². The van der Waals surface area contributed by atoms with Crippen molar-refractivity contribution in [3.8, 4) is 0 Å². The molecule has 76 heavy (non-hydrogen) atoms. The number of unbranched alkanes of at least 4 members (excludes halogenated alkanes) is 34. The summed E-state index contributed by atoms with van der Waals surface area (Å²) in [4.78, 5) is 38.4. The highest BCUT2D eigenvalue weighted by molar-refractivity contribution is 5.71. The maximum absolute atomic E-state index is 12.9. The number of carbonyl (C=O) groups excluding carboxylic acids is 3. The Labute approximate surface area is 471 Å². The third-order valence-electron chi connectivity index (χ3n) is 14.1. The normalized spacial score (nSPS) is 12.6. The van der Waals surface area contributed by atoms with Crippen LogP contribution in [0.2, 0.25) is 0 Å². The Morgan fingerprint density at radius 1 is 0.276 bits per heavy atom. The molecule has 6 nitrogen and oxygen atoms in total. The smallest absolute Gasteiger partial charge is 0.306 e. The Kier molecular flexibility index (Phi) is 61.2. The summed E-state index contributed by atoms with van der Waals surface area (Å²) >= 11 is 0. The highest BCUT2D eigenvalue weighted by Crippen LogP contribution is 2.16. The molecule has 0 saturated heterocycles. The minimum absolute atomic E-state index is 0.0845. The summed E-state index contributed by atoms with van der Waals surface area (Å²) in [6.07, 6.45) is 84.4. The summed E-state index contributed by atoms with van der Waals surface area (Å²) < 4.78 is 16.9. The van der Waals surface area contributed by atoms with Gasteiger partial charge in [0.25, 0.3) is 0 Å². The van der Waals surface area contributed by atoms with Gasteiger partial charge in [-0.3, -0.25) is 14.4 Å². The van der Waals surface area contributed by atoms with E-state index in [1.807, 2.05) is 0 Å². The van der Waals surface area contributed by atoms with E-state index in [2.05, 4.69) is 106 Å². The molecule has 0 aliphatic rings. The molecule has 0 aliphatic heterocycles. The summed E-state index contributed by atoms with van der Waals surface area (Å²) in [6.45, 7) is 6.53. The standard InChI is InChI=1S/C70H122O6/c1-4-7-10-13-16-19-22-25-28-31-33-34-35-36-37-40-42-45-48-51-54-57-60-63-69(72)75-66-67(65-74-68(71)62-59-56-53-50-47-44-41-38-30-27-24-21-18-15-12-9-6-3)76-70(73)64-61-58-55-52-49-46-43-39-32-29-26-23-20-17-14-11-8-5-2/h9,12,18,21-22,25,27,29-33,35-36,67H,4-8,10-11,13-17,19-20,23-24,26,28,34,37-66H2,1-3H3/b12-9-,21-18-,25-22-,30-27-,32-29-,33-31-,36-35-. The van der Waals surface area contributed by atoms with Gasteiger partial charge >= 0.3 is 17.9 Å². The van der Waals surface area contributed by atoms with Crippen molar-refractivity contribution < 1.29 is 28.6 Å². The van der Waals surface area contributed by atoms with E-state index in [1.54, 1.807) is 0 Å². The average Bonchev–Trinajstić information content (AvgIpc) is 3.42. The topological polar surface area (TPSA) is 78.9 Å². The van der Waals surface area contributed by atoms with Crippen LogP contribution >= 0.6 is 0 Å². The number of carbonyl (C=O) groups is 3. The molecule has 0 aromatic rings. The number of ether oxygens (including phenoxy) is 3. The van der Waals surface area contributed by atoms with Crippen LogP contribution in [0.4, 0.5) is 0 Å². The lowest BCUT2D eigenvalue weighted by atomic mass is 10.1. The fraction of sp³-hybridized carbons (Fsp3) is 0.757. The second-order valence-corrected chi connectivity index (χ2v) is 21.6. The van der Waals surface area contributed by atoms with Crippen LogP contribution in [0.1, 0.15) is 323 Å². The van der Waals surface area contributed by atoms with Gasteiger partial charge in [0.15, 0.2) is 6.10 Å². The van der Waals surface area contributed by atoms with Crippen molar-refractivity contribution in [3.05, 3.63) is 85.1 Å². The van der Waals surface area contributed by atoms with Gasteiger partial charge in [0.05, 0.1) is 0 Å². The molecule has 0 heterocycles. The minimum Gasteiger partial charge on any atom is -0.462 e. The number of allylic oxidation sites excluding steroid dienone is 14. The van der Waals surface area contributed by atoms with Crippen molar-refractivity contribution in [1.82, 2.24) is 0 Å². The average molecular weight is 1060 g/mol. The highest BCUT2D eigenvalue weighted by Gasteiger charge is 2.19. The van der Waals surface area contributed by atoms with Crippen molar-refractivity contribution in [2.24, 2.45) is 0 Å². The third kappa shape index (κ3) is 61.4. The van der Waals surface area contributed by atoms with E-state index in [0.29, 0.717) is 19.3 Å². The first-order chi connectivity index (χ1) is 37.5. The molecule has 0 rings (SSSR count). The highest BCUT2D eigenvalue weighted by atomic mass is 16.6. The molecule has 0 radical (unpaired) electrons. The molecule has 438 valence electrons. The van der Waals surface area contributed by atoms with E-state index in [1.165, 1.54) is 180 Å². The maximum atomic E-state index is 12.9. The molecule has 0 N–H and O–H groups in total. The van der Waals surface area contributed by atoms with Crippen molar-refractivity contribution in [2.75, 3.05) is 13.2 Å². The molecule has 0 aromatic carbocycles. The van der Waals surface area contributed by atoms with Crippen molar-refractivity contribution >= 4 is 17.9 Å². The van der Waals surface area contributed by atoms with Gasteiger partial charge in [0, 0.05) is 19.3 Å². The van der Waals surface area contributed by atoms with E-state index in [4.69, 9.17) is 14.2 Å². The molecule has 6 heteroatoms. The van der Waals surface area contributed by atoms with Gasteiger partial charge in [-0.2, -0.15) is 0 Å². The Morgan fingerprint density at radius 3 is 0.816 bits per heavy atom. The van der Waals surface area contributed by atoms with Gasteiger partial charge in [-0.15, -0.1) is 0 Å². The number of hydrogen-bond donors (Lipinski definition) is 0. The molecule has 0 amide bonds. The largest absolute Gasteiger partial charge is 0.462 e. The number of rotatable bonds is 59. The van der Waals surface area contributed by atoms with E-state index in [9.17, 15) is 14.4 Å². The molecule has 0 spiro atoms. The number of esters is 3. The van der Waals surface area contributed by atoms with Gasteiger partial charge in [-0.25, -0.2) is 0 Å². The molecular formula is C70H122O6. The molecule has 0 aromatic heterocycles. The molecule has 0 bridgehead atoms. The van der Waals surface area contributed by atoms with Gasteiger partial charge in [-0.1, -0.05) is 273 Å². The zero-order chi connectivity index (χ0) is 55.0. The molecule has 1 unspecified atom stereocenters. The maximum Gasteiger partial charge on any atom is 0.306 e. The predicted molar refractivity (Wildman–Crippen MR) is 330 cm³/mol. The number of hydrogen-bond acceptors (Lipinski definition) is 6. The third-order valence-corrected chi connectivity index (χ3v) is 14.1. The van der Waals surface area contributed by atoms with Crippen LogP contribution in [0.25, 0.3) is 0 Å². The Balaban J connectivity index is 4.39. The minimum atomic E-state index is -0.788. The van der Waals surface area contributed by atoms with E-state index in [0.717, 1.165) is 103 Å². The van der Waals surface area contributed by atoms with Gasteiger partial charge in [0.2, 0.25) is 0 Å². The quantitative estimate of drug-likeness (QED) is 0.0261. The van der Waals surface area contributed by atoms with Crippen molar-refractivity contribution in [2.45, 2.75) is 329 Å². The lowest BCUT2D eigenvalue weighted by molar-refractivity contribution is -0.167. The summed E-state index contributed by atoms with van der Waals surface area (Å²) in [5.74, 6) is -0.892. The summed E-state index contributed by atoms with van der Waals surface area (Å²) in [5, 5.41) is 0. The van der Waals surface area contributed by atoms with E-state index < -0.39 is 6.10 Å². The van der Waals surface area contributed by atoms with Gasteiger partial charge in [-0.05, 0) is 116 Å². The summed E-state index contributed by atoms with van der Waals surface area (Å²) in [7, 11) is 0. The second kappa shape index (κ2) is 64.1. The fourth-order valence-corrected chi connectivity index (χ4v) is 9.23. The van der Waals surface area contributed by atoms with Crippen molar-refractivity contribution in [1.29, 1.82) is 0 Å². The van der Waals surface area contributed by atoms with Gasteiger partial charge in [0.1, 0.15) is 13.2 Å². The molecule has 0 saturated carbocycles. The SMILES string of the molecule is CC/C=C\C/C=C\C/C=C\CCCCCCCCCC(=O)OCC(COC(=O)CCCCCCCCCC/C=C\C/C=C\C/C=C\CCCCCCC)OC(=O)CCCCCCCCC/C=C\CCCCCCCCC. The van der Waals surface area contributed by atoms with Crippen LogP contribution in [0.3, 0.4) is 0 Å². The van der Waals surface area contributed by atoms with E-state index >= 15 is 0 Å². The zero-order valence-electron chi connectivity index (χ0n) is 50.3. The first kappa shape index (κ1) is 72.6. The molecular weight excluding hydrogens is 937 g/mol. The Morgan fingerprint density at radius 2 is 0.513 bits per heavy atom. The first-order valence-corrected chi connectivity index (χ1v) is 32.6. The van der Waals surface area contributed by atoms with Gasteiger partial charge < -0.3 is 14.2 Å². The van der Waals surface area contributed by atoms with Crippen LogP contribution in [0.15, 0.2) is 85.1 Å². The lowest BCUT2D eigenvalue weighted by Crippen LogP contribution is -2.30. The Bertz CT molecular complexity index is 1450. The van der Waals surface area contributed by atoms with Crippen LogP contribution in [0, 0.1) is 0 Å². The van der Waals surface area contributed by atoms with Crippen LogP contribution < -0.4 is 0 Å². The summed E-state index contributed by atoms with van der Waals surface area (Å²) in [5.41, 5.74) is 0. The fourth-order valence-electron chi connectivity index (χ4n) is 9.23. The second-order valence-electron chi connectivity index (χ2n) is 21.6. The predicted octanol–water partition coefficient (Wildman–Crippen LogP) is 22.3. The zero-order valence-corrected chi connectivity index (χ0v) is 50.3. The lowest BCUT2D eigenvalue weighted by Gasteiger charge is -2.18. The van der Waals surface area contributed by atoms with Crippen LogP contribution in [-0.4, -0.2) is 37.2 Å².